The second-order valence-electron chi connectivity index (χ2n) is 9.04. The van der Waals surface area contributed by atoms with E-state index in [2.05, 4.69) is 46.5 Å². The number of nitrogens with one attached hydrogen (secondary N) is 3. The fourth-order valence-electron chi connectivity index (χ4n) is 4.66. The minimum atomic E-state index is -0.200. The maximum Gasteiger partial charge on any atom is 0.255 e. The molecule has 186 valence electrons. The Balaban J connectivity index is 1.25. The Morgan fingerprint density at radius 1 is 0.744 bits per heavy atom. The van der Waals surface area contributed by atoms with Crippen molar-refractivity contribution < 1.29 is 4.79 Å². The fourth-order valence-corrected chi connectivity index (χ4v) is 4.66. The zero-order valence-electron chi connectivity index (χ0n) is 20.5. The highest BCUT2D eigenvalue weighted by molar-refractivity contribution is 6.04. The van der Waals surface area contributed by atoms with Gasteiger partial charge in [0.2, 0.25) is 0 Å². The molecule has 6 heterocycles. The molecular weight excluding hydrogens is 488 g/mol. The molecule has 0 fully saturated rings. The molecule has 9 nitrogen and oxygen atoms in total. The van der Waals surface area contributed by atoms with E-state index in [4.69, 9.17) is 0 Å². The number of H-pyrrole nitrogens is 2. The highest BCUT2D eigenvalue weighted by Gasteiger charge is 2.16. The number of benzene rings is 1. The SMILES string of the molecule is O=C(Nc1cncc(-c2cc3c(-c4cc5c(-c6ccncc6)cncc5[nH]4)n[nH]c3cn2)c1)c1ccccc1. The first-order valence-corrected chi connectivity index (χ1v) is 12.3. The van der Waals surface area contributed by atoms with Crippen molar-refractivity contribution in [3.05, 3.63) is 110 Å². The predicted molar refractivity (Wildman–Crippen MR) is 150 cm³/mol. The van der Waals surface area contributed by atoms with E-state index < -0.39 is 0 Å². The van der Waals surface area contributed by atoms with Crippen molar-refractivity contribution in [1.29, 1.82) is 0 Å². The lowest BCUT2D eigenvalue weighted by Crippen LogP contribution is -2.11. The smallest absolute Gasteiger partial charge is 0.255 e. The van der Waals surface area contributed by atoms with Crippen molar-refractivity contribution >= 4 is 33.4 Å². The van der Waals surface area contributed by atoms with Gasteiger partial charge in [0, 0.05) is 52.3 Å². The Bertz CT molecular complexity index is 1960. The standard InChI is InChI=1S/C30H20N8O/c39-30(19-4-2-1-3-5-19)35-21-10-20(13-32-14-21)25-12-23-28(17-34-25)37-38-29(23)26-11-22-24(15-33-16-27(22)36-26)18-6-8-31-9-7-18/h1-17,36H,(H,35,39)(H,37,38). The molecule has 7 rings (SSSR count). The van der Waals surface area contributed by atoms with Gasteiger partial charge in [-0.3, -0.25) is 29.8 Å². The molecule has 1 aromatic carbocycles. The number of nitrogens with zero attached hydrogens (tertiary/aromatic N) is 5. The van der Waals surface area contributed by atoms with Crippen LogP contribution in [0.3, 0.4) is 0 Å². The number of hydrogen-bond donors (Lipinski definition) is 3. The van der Waals surface area contributed by atoms with Gasteiger partial charge in [-0.2, -0.15) is 5.10 Å². The van der Waals surface area contributed by atoms with Gasteiger partial charge in [-0.15, -0.1) is 0 Å². The first-order chi connectivity index (χ1) is 19.2. The van der Waals surface area contributed by atoms with Crippen LogP contribution in [0.2, 0.25) is 0 Å². The highest BCUT2D eigenvalue weighted by Crippen LogP contribution is 2.34. The normalized spacial score (nSPS) is 11.2. The van der Waals surface area contributed by atoms with Crippen molar-refractivity contribution in [1.82, 2.24) is 35.1 Å². The van der Waals surface area contributed by atoms with Crippen LogP contribution in [0.4, 0.5) is 5.69 Å². The molecular formula is C30H20N8O. The molecule has 39 heavy (non-hydrogen) atoms. The lowest BCUT2D eigenvalue weighted by Gasteiger charge is -2.07. The highest BCUT2D eigenvalue weighted by atomic mass is 16.1. The van der Waals surface area contributed by atoms with Crippen LogP contribution >= 0.6 is 0 Å². The quantitative estimate of drug-likeness (QED) is 0.267. The fraction of sp³-hybridized carbons (Fsp3) is 0. The Morgan fingerprint density at radius 2 is 1.59 bits per heavy atom. The zero-order valence-corrected chi connectivity index (χ0v) is 20.5. The van der Waals surface area contributed by atoms with Crippen molar-refractivity contribution in [2.24, 2.45) is 0 Å². The van der Waals surface area contributed by atoms with E-state index >= 15 is 0 Å². The molecule has 0 saturated heterocycles. The Labute approximate surface area is 222 Å². The summed E-state index contributed by atoms with van der Waals surface area (Å²) in [5.41, 5.74) is 8.05. The first-order valence-electron chi connectivity index (χ1n) is 12.3. The van der Waals surface area contributed by atoms with Crippen LogP contribution in [0, 0.1) is 0 Å². The number of rotatable bonds is 5. The van der Waals surface area contributed by atoms with Crippen LogP contribution in [0.1, 0.15) is 10.4 Å². The van der Waals surface area contributed by atoms with Gasteiger partial charge in [-0.1, -0.05) is 18.2 Å². The van der Waals surface area contributed by atoms with Gasteiger partial charge >= 0.3 is 0 Å². The zero-order chi connectivity index (χ0) is 26.2. The minimum absolute atomic E-state index is 0.200. The lowest BCUT2D eigenvalue weighted by atomic mass is 10.1. The van der Waals surface area contributed by atoms with Gasteiger partial charge in [0.05, 0.1) is 46.7 Å². The molecule has 6 aromatic heterocycles. The minimum Gasteiger partial charge on any atom is -0.352 e. The third-order valence-electron chi connectivity index (χ3n) is 6.57. The number of pyridine rings is 4. The van der Waals surface area contributed by atoms with Crippen molar-refractivity contribution in [2.45, 2.75) is 0 Å². The Kier molecular flexibility index (Phi) is 5.37. The summed E-state index contributed by atoms with van der Waals surface area (Å²) in [6.45, 7) is 0. The van der Waals surface area contributed by atoms with E-state index in [0.717, 1.165) is 49.9 Å². The van der Waals surface area contributed by atoms with Crippen LogP contribution in [0.25, 0.3) is 55.6 Å². The molecule has 0 aliphatic heterocycles. The van der Waals surface area contributed by atoms with E-state index in [1.807, 2.05) is 54.9 Å². The summed E-state index contributed by atoms with van der Waals surface area (Å²) in [4.78, 5) is 33.6. The summed E-state index contributed by atoms with van der Waals surface area (Å²) in [6.07, 6.45) is 12.3. The van der Waals surface area contributed by atoms with Crippen molar-refractivity contribution in [3.8, 4) is 33.8 Å². The van der Waals surface area contributed by atoms with E-state index in [1.165, 1.54) is 0 Å². The van der Waals surface area contributed by atoms with Gasteiger partial charge in [-0.05, 0) is 48.0 Å². The van der Waals surface area contributed by atoms with Crippen molar-refractivity contribution in [3.63, 3.8) is 0 Å². The molecule has 0 radical (unpaired) electrons. The number of amides is 1. The van der Waals surface area contributed by atoms with Crippen LogP contribution in [0.15, 0.2) is 104 Å². The molecule has 3 N–H and O–H groups in total. The molecule has 0 aliphatic rings. The summed E-state index contributed by atoms with van der Waals surface area (Å²) < 4.78 is 0. The predicted octanol–water partition coefficient (Wildman–Crippen LogP) is 5.88. The lowest BCUT2D eigenvalue weighted by molar-refractivity contribution is 0.102. The monoisotopic (exact) mass is 508 g/mol. The average molecular weight is 509 g/mol. The second kappa shape index (κ2) is 9.31. The van der Waals surface area contributed by atoms with E-state index in [1.54, 1.807) is 43.1 Å². The van der Waals surface area contributed by atoms with Gasteiger partial charge in [-0.25, -0.2) is 0 Å². The topological polar surface area (TPSA) is 125 Å². The largest absolute Gasteiger partial charge is 0.352 e. The molecule has 0 bridgehead atoms. The van der Waals surface area contributed by atoms with Crippen LogP contribution in [-0.2, 0) is 0 Å². The molecule has 7 aromatic rings. The molecule has 9 heteroatoms. The summed E-state index contributed by atoms with van der Waals surface area (Å²) in [5, 5.41) is 12.5. The molecule has 0 aliphatic carbocycles. The number of hydrogen-bond acceptors (Lipinski definition) is 6. The molecule has 0 spiro atoms. The van der Waals surface area contributed by atoms with E-state index in [9.17, 15) is 4.79 Å². The first kappa shape index (κ1) is 22.5. The van der Waals surface area contributed by atoms with Crippen LogP contribution < -0.4 is 5.32 Å². The van der Waals surface area contributed by atoms with Crippen LogP contribution in [0.5, 0.6) is 0 Å². The summed E-state index contributed by atoms with van der Waals surface area (Å²) in [5.74, 6) is -0.200. The van der Waals surface area contributed by atoms with E-state index in [0.29, 0.717) is 16.9 Å². The average Bonchev–Trinajstić information content (AvgIpc) is 3.62. The summed E-state index contributed by atoms with van der Waals surface area (Å²) >= 11 is 0. The van der Waals surface area contributed by atoms with Gasteiger partial charge < -0.3 is 10.3 Å². The molecule has 0 saturated carbocycles. The number of carbonyl (C=O) groups is 1. The summed E-state index contributed by atoms with van der Waals surface area (Å²) in [6, 6.07) is 18.9. The molecule has 0 unspecified atom stereocenters. The van der Waals surface area contributed by atoms with Gasteiger partial charge in [0.15, 0.2) is 0 Å². The number of carbonyl (C=O) groups excluding carboxylic acids is 1. The van der Waals surface area contributed by atoms with Gasteiger partial charge in [0.1, 0.15) is 5.69 Å². The summed E-state index contributed by atoms with van der Waals surface area (Å²) in [7, 11) is 0. The Hall–Kier alpha value is -5.70. The third-order valence-corrected chi connectivity index (χ3v) is 6.57. The number of aromatic amines is 2. The van der Waals surface area contributed by atoms with Gasteiger partial charge in [0.25, 0.3) is 5.91 Å². The van der Waals surface area contributed by atoms with Crippen LogP contribution in [-0.4, -0.2) is 41.0 Å². The maximum absolute atomic E-state index is 12.6. The third kappa shape index (κ3) is 4.17. The molecule has 0 atom stereocenters. The van der Waals surface area contributed by atoms with E-state index in [-0.39, 0.29) is 5.91 Å². The Morgan fingerprint density at radius 3 is 2.46 bits per heavy atom. The molecule has 1 amide bonds. The van der Waals surface area contributed by atoms with Crippen molar-refractivity contribution in [2.75, 3.05) is 5.32 Å². The maximum atomic E-state index is 12.6. The second-order valence-corrected chi connectivity index (χ2v) is 9.04. The number of aromatic nitrogens is 7. The number of fused-ring (bicyclic) bond motifs is 2. The number of anilines is 1.